The molecule has 0 aromatic heterocycles. The highest BCUT2D eigenvalue weighted by Gasteiger charge is 2.06. The van der Waals surface area contributed by atoms with Gasteiger partial charge in [-0.3, -0.25) is 0 Å². The second-order valence-electron chi connectivity index (χ2n) is 5.84. The SMILES string of the molecule is Cc1ccc(-c2ccc(C)c(-c3ccc(F)cc3)c2)cc1C. The van der Waals surface area contributed by atoms with Crippen LogP contribution in [0.1, 0.15) is 16.7 Å². The lowest BCUT2D eigenvalue weighted by molar-refractivity contribution is 0.628. The smallest absolute Gasteiger partial charge is 0.123 e. The molecule has 0 heterocycles. The van der Waals surface area contributed by atoms with Gasteiger partial charge in [0.05, 0.1) is 0 Å². The second kappa shape index (κ2) is 5.76. The Morgan fingerprint density at radius 1 is 0.545 bits per heavy atom. The molecule has 0 saturated heterocycles. The molecule has 0 atom stereocenters. The Balaban J connectivity index is 2.09. The molecule has 0 nitrogen and oxygen atoms in total. The third-order valence-electron chi connectivity index (χ3n) is 4.23. The first-order valence-corrected chi connectivity index (χ1v) is 7.49. The van der Waals surface area contributed by atoms with Crippen LogP contribution in [0.4, 0.5) is 4.39 Å². The summed E-state index contributed by atoms with van der Waals surface area (Å²) >= 11 is 0. The average molecular weight is 290 g/mol. The van der Waals surface area contributed by atoms with E-state index in [1.807, 2.05) is 12.1 Å². The minimum Gasteiger partial charge on any atom is -0.207 e. The summed E-state index contributed by atoms with van der Waals surface area (Å²) in [6.45, 7) is 6.34. The number of hydrogen-bond acceptors (Lipinski definition) is 0. The van der Waals surface area contributed by atoms with Gasteiger partial charge in [-0.2, -0.15) is 0 Å². The normalized spacial score (nSPS) is 10.7. The number of aryl methyl sites for hydroxylation is 3. The molecule has 0 saturated carbocycles. The Kier molecular flexibility index (Phi) is 3.81. The fraction of sp³-hybridized carbons (Fsp3) is 0.143. The van der Waals surface area contributed by atoms with E-state index < -0.39 is 0 Å². The summed E-state index contributed by atoms with van der Waals surface area (Å²) in [5.74, 6) is -0.202. The van der Waals surface area contributed by atoms with Gasteiger partial charge in [0.15, 0.2) is 0 Å². The Bertz CT molecular complexity index is 814. The molecule has 0 unspecified atom stereocenters. The Morgan fingerprint density at radius 2 is 1.09 bits per heavy atom. The molecule has 0 fully saturated rings. The lowest BCUT2D eigenvalue weighted by Crippen LogP contribution is -1.88. The predicted octanol–water partition coefficient (Wildman–Crippen LogP) is 6.08. The monoisotopic (exact) mass is 290 g/mol. The zero-order valence-corrected chi connectivity index (χ0v) is 13.2. The molecule has 0 amide bonds. The standard InChI is InChI=1S/C21H19F/c1-14-4-6-18(12-16(14)3)19-7-5-15(2)21(13-19)17-8-10-20(22)11-9-17/h4-13H,1-3H3. The predicted molar refractivity (Wildman–Crippen MR) is 91.5 cm³/mol. The van der Waals surface area contributed by atoms with Crippen LogP contribution in [0.15, 0.2) is 60.7 Å². The molecule has 0 aliphatic carbocycles. The van der Waals surface area contributed by atoms with Gasteiger partial charge in [-0.15, -0.1) is 0 Å². The van der Waals surface area contributed by atoms with Gasteiger partial charge < -0.3 is 0 Å². The minimum absolute atomic E-state index is 0.202. The van der Waals surface area contributed by atoms with Crippen LogP contribution >= 0.6 is 0 Å². The highest BCUT2D eigenvalue weighted by molar-refractivity contribution is 5.75. The molecular weight excluding hydrogens is 271 g/mol. The van der Waals surface area contributed by atoms with Crippen molar-refractivity contribution in [2.45, 2.75) is 20.8 Å². The van der Waals surface area contributed by atoms with E-state index in [-0.39, 0.29) is 5.82 Å². The molecule has 3 aromatic rings. The lowest BCUT2D eigenvalue weighted by atomic mass is 9.94. The summed E-state index contributed by atoms with van der Waals surface area (Å²) in [5, 5.41) is 0. The Labute approximate surface area is 131 Å². The largest absolute Gasteiger partial charge is 0.207 e. The molecule has 0 N–H and O–H groups in total. The molecule has 0 bridgehead atoms. The van der Waals surface area contributed by atoms with Crippen molar-refractivity contribution >= 4 is 0 Å². The van der Waals surface area contributed by atoms with Crippen molar-refractivity contribution in [2.75, 3.05) is 0 Å². The third kappa shape index (κ3) is 2.80. The van der Waals surface area contributed by atoms with Gasteiger partial charge in [0.25, 0.3) is 0 Å². The number of halogens is 1. The van der Waals surface area contributed by atoms with E-state index in [0.29, 0.717) is 0 Å². The Hall–Kier alpha value is -2.41. The van der Waals surface area contributed by atoms with Crippen LogP contribution in [-0.4, -0.2) is 0 Å². The van der Waals surface area contributed by atoms with Crippen LogP contribution in [0.2, 0.25) is 0 Å². The first-order valence-electron chi connectivity index (χ1n) is 7.49. The van der Waals surface area contributed by atoms with Gasteiger partial charge in [-0.1, -0.05) is 42.5 Å². The first-order chi connectivity index (χ1) is 10.5. The summed E-state index contributed by atoms with van der Waals surface area (Å²) in [5.41, 5.74) is 8.38. The van der Waals surface area contributed by atoms with Crippen LogP contribution < -0.4 is 0 Å². The summed E-state index contributed by atoms with van der Waals surface area (Å²) < 4.78 is 13.1. The van der Waals surface area contributed by atoms with Crippen molar-refractivity contribution in [3.63, 3.8) is 0 Å². The second-order valence-corrected chi connectivity index (χ2v) is 5.84. The van der Waals surface area contributed by atoms with Crippen molar-refractivity contribution in [3.8, 4) is 22.3 Å². The zero-order chi connectivity index (χ0) is 15.7. The van der Waals surface area contributed by atoms with Crippen molar-refractivity contribution in [2.24, 2.45) is 0 Å². The lowest BCUT2D eigenvalue weighted by Gasteiger charge is -2.11. The molecule has 3 rings (SSSR count). The van der Waals surface area contributed by atoms with E-state index in [9.17, 15) is 4.39 Å². The summed E-state index contributed by atoms with van der Waals surface area (Å²) in [6.07, 6.45) is 0. The van der Waals surface area contributed by atoms with Crippen molar-refractivity contribution in [1.82, 2.24) is 0 Å². The van der Waals surface area contributed by atoms with Crippen LogP contribution in [0.3, 0.4) is 0 Å². The van der Waals surface area contributed by atoms with E-state index in [2.05, 4.69) is 57.2 Å². The molecule has 3 aromatic carbocycles. The molecular formula is C21H19F. The van der Waals surface area contributed by atoms with Crippen LogP contribution in [0, 0.1) is 26.6 Å². The van der Waals surface area contributed by atoms with Crippen molar-refractivity contribution in [3.05, 3.63) is 83.2 Å². The zero-order valence-electron chi connectivity index (χ0n) is 13.2. The number of benzene rings is 3. The van der Waals surface area contributed by atoms with Gasteiger partial charge in [-0.05, 0) is 77.9 Å². The summed E-state index contributed by atoms with van der Waals surface area (Å²) in [7, 11) is 0. The Morgan fingerprint density at radius 3 is 1.73 bits per heavy atom. The summed E-state index contributed by atoms with van der Waals surface area (Å²) in [4.78, 5) is 0. The quantitative estimate of drug-likeness (QED) is 0.536. The molecule has 0 aliphatic heterocycles. The van der Waals surface area contributed by atoms with E-state index >= 15 is 0 Å². The summed E-state index contributed by atoms with van der Waals surface area (Å²) in [6, 6.07) is 19.7. The molecule has 0 spiro atoms. The average Bonchev–Trinajstić information content (AvgIpc) is 2.52. The third-order valence-corrected chi connectivity index (χ3v) is 4.23. The topological polar surface area (TPSA) is 0 Å². The minimum atomic E-state index is -0.202. The van der Waals surface area contributed by atoms with Crippen molar-refractivity contribution < 1.29 is 4.39 Å². The maximum absolute atomic E-state index is 13.1. The van der Waals surface area contributed by atoms with Crippen molar-refractivity contribution in [1.29, 1.82) is 0 Å². The van der Waals surface area contributed by atoms with Gasteiger partial charge in [-0.25, -0.2) is 4.39 Å². The highest BCUT2D eigenvalue weighted by Crippen LogP contribution is 2.30. The van der Waals surface area contributed by atoms with Gasteiger partial charge in [0, 0.05) is 0 Å². The van der Waals surface area contributed by atoms with E-state index in [1.54, 1.807) is 0 Å². The molecule has 22 heavy (non-hydrogen) atoms. The van der Waals surface area contributed by atoms with E-state index in [0.717, 1.165) is 11.1 Å². The highest BCUT2D eigenvalue weighted by atomic mass is 19.1. The number of rotatable bonds is 2. The molecule has 110 valence electrons. The fourth-order valence-corrected chi connectivity index (χ4v) is 2.66. The molecule has 0 radical (unpaired) electrons. The number of hydrogen-bond donors (Lipinski definition) is 0. The molecule has 1 heteroatoms. The van der Waals surface area contributed by atoms with Crippen LogP contribution in [0.5, 0.6) is 0 Å². The maximum atomic E-state index is 13.1. The van der Waals surface area contributed by atoms with Gasteiger partial charge in [0.1, 0.15) is 5.82 Å². The van der Waals surface area contributed by atoms with E-state index in [4.69, 9.17) is 0 Å². The first kappa shape index (κ1) is 14.5. The van der Waals surface area contributed by atoms with Crippen LogP contribution in [-0.2, 0) is 0 Å². The van der Waals surface area contributed by atoms with Gasteiger partial charge >= 0.3 is 0 Å². The van der Waals surface area contributed by atoms with Gasteiger partial charge in [0.2, 0.25) is 0 Å². The van der Waals surface area contributed by atoms with E-state index in [1.165, 1.54) is 39.9 Å². The fourth-order valence-electron chi connectivity index (χ4n) is 2.66. The van der Waals surface area contributed by atoms with Crippen LogP contribution in [0.25, 0.3) is 22.3 Å². The maximum Gasteiger partial charge on any atom is 0.123 e. The molecule has 0 aliphatic rings.